The Morgan fingerprint density at radius 1 is 1.08 bits per heavy atom. The van der Waals surface area contributed by atoms with Crippen molar-refractivity contribution in [1.29, 1.82) is 0 Å². The Morgan fingerprint density at radius 2 is 1.62 bits per heavy atom. The molecular formula is C19H23FN2O3S. The van der Waals surface area contributed by atoms with Gasteiger partial charge in [0.05, 0.1) is 4.90 Å². The summed E-state index contributed by atoms with van der Waals surface area (Å²) in [5.41, 5.74) is 3.81. The number of sulfonamides is 1. The van der Waals surface area contributed by atoms with Gasteiger partial charge in [0.15, 0.2) is 0 Å². The lowest BCUT2D eigenvalue weighted by atomic mass is 10.0. The molecular weight excluding hydrogens is 355 g/mol. The SMILES string of the molecule is CC(=O)N(CCNS(=O)(=O)c1ccc(F)cc1)c1c(C)cc(C)cc1C. The summed E-state index contributed by atoms with van der Waals surface area (Å²) in [6.45, 7) is 7.53. The molecule has 0 bridgehead atoms. The Balaban J connectivity index is 2.15. The molecule has 0 unspecified atom stereocenters. The number of carbonyl (C=O) groups excluding carboxylic acids is 1. The number of nitrogens with one attached hydrogen (secondary N) is 1. The Labute approximate surface area is 153 Å². The van der Waals surface area contributed by atoms with Crippen molar-refractivity contribution in [2.24, 2.45) is 0 Å². The minimum atomic E-state index is -3.76. The van der Waals surface area contributed by atoms with Crippen LogP contribution < -0.4 is 9.62 Å². The van der Waals surface area contributed by atoms with E-state index in [-0.39, 0.29) is 23.9 Å². The molecule has 1 amide bonds. The molecule has 2 rings (SSSR count). The summed E-state index contributed by atoms with van der Waals surface area (Å²) in [6, 6.07) is 8.57. The number of halogens is 1. The van der Waals surface area contributed by atoms with Gasteiger partial charge in [0, 0.05) is 25.7 Å². The maximum atomic E-state index is 13.0. The molecule has 2 aromatic rings. The quantitative estimate of drug-likeness (QED) is 0.840. The second-order valence-electron chi connectivity index (χ2n) is 6.27. The van der Waals surface area contributed by atoms with Gasteiger partial charge in [-0.15, -0.1) is 0 Å². The largest absolute Gasteiger partial charge is 0.311 e. The molecule has 0 aliphatic rings. The summed E-state index contributed by atoms with van der Waals surface area (Å²) in [4.78, 5) is 13.7. The van der Waals surface area contributed by atoms with E-state index in [0.717, 1.165) is 34.5 Å². The fourth-order valence-electron chi connectivity index (χ4n) is 3.01. The zero-order valence-electron chi connectivity index (χ0n) is 15.3. The predicted molar refractivity (Wildman–Crippen MR) is 100 cm³/mol. The second kappa shape index (κ2) is 7.97. The summed E-state index contributed by atoms with van der Waals surface area (Å²) in [7, 11) is -3.76. The van der Waals surface area contributed by atoms with E-state index in [1.807, 2.05) is 32.9 Å². The smallest absolute Gasteiger partial charge is 0.240 e. The molecule has 0 aliphatic heterocycles. The van der Waals surface area contributed by atoms with Crippen LogP contribution in [0.2, 0.25) is 0 Å². The van der Waals surface area contributed by atoms with E-state index >= 15 is 0 Å². The van der Waals surface area contributed by atoms with Crippen molar-refractivity contribution < 1.29 is 17.6 Å². The van der Waals surface area contributed by atoms with E-state index in [4.69, 9.17) is 0 Å². The van der Waals surface area contributed by atoms with Gasteiger partial charge in [0.1, 0.15) is 5.82 Å². The maximum Gasteiger partial charge on any atom is 0.240 e. The van der Waals surface area contributed by atoms with Crippen molar-refractivity contribution in [3.05, 3.63) is 58.9 Å². The lowest BCUT2D eigenvalue weighted by Gasteiger charge is -2.25. The molecule has 140 valence electrons. The third-order valence-electron chi connectivity index (χ3n) is 4.04. The molecule has 0 heterocycles. The molecule has 0 radical (unpaired) electrons. The minimum Gasteiger partial charge on any atom is -0.311 e. The third-order valence-corrected chi connectivity index (χ3v) is 5.51. The fraction of sp³-hybridized carbons (Fsp3) is 0.316. The van der Waals surface area contributed by atoms with Crippen molar-refractivity contribution in [1.82, 2.24) is 4.72 Å². The van der Waals surface area contributed by atoms with E-state index in [2.05, 4.69) is 4.72 Å². The van der Waals surface area contributed by atoms with E-state index < -0.39 is 15.8 Å². The summed E-state index contributed by atoms with van der Waals surface area (Å²) in [6.07, 6.45) is 0. The molecule has 1 N–H and O–H groups in total. The van der Waals surface area contributed by atoms with Crippen LogP contribution in [0.4, 0.5) is 10.1 Å². The first-order valence-corrected chi connectivity index (χ1v) is 9.71. The van der Waals surface area contributed by atoms with Crippen molar-refractivity contribution in [2.45, 2.75) is 32.6 Å². The number of benzene rings is 2. The molecule has 0 saturated carbocycles. The van der Waals surface area contributed by atoms with Crippen LogP contribution >= 0.6 is 0 Å². The lowest BCUT2D eigenvalue weighted by molar-refractivity contribution is -0.116. The Hall–Kier alpha value is -2.25. The highest BCUT2D eigenvalue weighted by Gasteiger charge is 2.19. The minimum absolute atomic E-state index is 0.0176. The Kier molecular flexibility index (Phi) is 6.15. The molecule has 0 atom stereocenters. The average molecular weight is 378 g/mol. The van der Waals surface area contributed by atoms with E-state index in [9.17, 15) is 17.6 Å². The molecule has 0 aliphatic carbocycles. The van der Waals surface area contributed by atoms with E-state index in [1.165, 1.54) is 19.1 Å². The highest BCUT2D eigenvalue weighted by Crippen LogP contribution is 2.26. The van der Waals surface area contributed by atoms with Gasteiger partial charge in [-0.1, -0.05) is 17.7 Å². The van der Waals surface area contributed by atoms with Gasteiger partial charge in [0.2, 0.25) is 15.9 Å². The maximum absolute atomic E-state index is 13.0. The number of rotatable bonds is 6. The molecule has 0 saturated heterocycles. The average Bonchev–Trinajstić information content (AvgIpc) is 2.52. The number of aryl methyl sites for hydroxylation is 3. The van der Waals surface area contributed by atoms with Crippen molar-refractivity contribution >= 4 is 21.6 Å². The first kappa shape index (κ1) is 20.1. The van der Waals surface area contributed by atoms with Crippen LogP contribution in [0.25, 0.3) is 0 Å². The molecule has 0 fully saturated rings. The monoisotopic (exact) mass is 378 g/mol. The highest BCUT2D eigenvalue weighted by molar-refractivity contribution is 7.89. The second-order valence-corrected chi connectivity index (χ2v) is 8.04. The Morgan fingerprint density at radius 3 is 2.12 bits per heavy atom. The summed E-state index contributed by atoms with van der Waals surface area (Å²) in [5, 5.41) is 0. The van der Waals surface area contributed by atoms with Gasteiger partial charge < -0.3 is 4.90 Å². The zero-order chi connectivity index (χ0) is 19.5. The normalized spacial score (nSPS) is 11.4. The molecule has 26 heavy (non-hydrogen) atoms. The summed E-state index contributed by atoms with van der Waals surface area (Å²) in [5.74, 6) is -0.668. The van der Waals surface area contributed by atoms with Crippen LogP contribution in [-0.2, 0) is 14.8 Å². The number of hydrogen-bond acceptors (Lipinski definition) is 3. The number of amides is 1. The number of anilines is 1. The standard InChI is InChI=1S/C19H23FN2O3S/c1-13-11-14(2)19(15(3)12-13)22(16(4)23)10-9-21-26(24,25)18-7-5-17(20)6-8-18/h5-8,11-12,21H,9-10H2,1-4H3. The Bertz CT molecular complexity index is 886. The van der Waals surface area contributed by atoms with Gasteiger partial charge in [-0.25, -0.2) is 17.5 Å². The van der Waals surface area contributed by atoms with E-state index in [0.29, 0.717) is 0 Å². The van der Waals surface area contributed by atoms with Crippen LogP contribution in [0, 0.1) is 26.6 Å². The van der Waals surface area contributed by atoms with E-state index in [1.54, 1.807) is 4.90 Å². The van der Waals surface area contributed by atoms with Crippen molar-refractivity contribution in [2.75, 3.05) is 18.0 Å². The first-order chi connectivity index (χ1) is 12.1. The van der Waals surface area contributed by atoms with Crippen LogP contribution in [0.3, 0.4) is 0 Å². The summed E-state index contributed by atoms with van der Waals surface area (Å²) < 4.78 is 40.0. The fourth-order valence-corrected chi connectivity index (χ4v) is 4.03. The van der Waals surface area contributed by atoms with Gasteiger partial charge in [-0.2, -0.15) is 0 Å². The molecule has 7 heteroatoms. The van der Waals surface area contributed by atoms with Crippen LogP contribution in [0.15, 0.2) is 41.3 Å². The van der Waals surface area contributed by atoms with Gasteiger partial charge >= 0.3 is 0 Å². The number of hydrogen-bond donors (Lipinski definition) is 1. The summed E-state index contributed by atoms with van der Waals surface area (Å²) >= 11 is 0. The predicted octanol–water partition coefficient (Wildman–Crippen LogP) is 3.08. The molecule has 0 spiro atoms. The van der Waals surface area contributed by atoms with Crippen LogP contribution in [0.5, 0.6) is 0 Å². The third kappa shape index (κ3) is 4.68. The topological polar surface area (TPSA) is 66.5 Å². The molecule has 0 aromatic heterocycles. The molecule has 2 aromatic carbocycles. The van der Waals surface area contributed by atoms with Gasteiger partial charge in [0.25, 0.3) is 0 Å². The zero-order valence-corrected chi connectivity index (χ0v) is 16.2. The van der Waals surface area contributed by atoms with Crippen molar-refractivity contribution in [3.8, 4) is 0 Å². The van der Waals surface area contributed by atoms with Crippen LogP contribution in [0.1, 0.15) is 23.6 Å². The molecule has 5 nitrogen and oxygen atoms in total. The van der Waals surface area contributed by atoms with Gasteiger partial charge in [-0.3, -0.25) is 4.79 Å². The van der Waals surface area contributed by atoms with Crippen LogP contribution in [-0.4, -0.2) is 27.4 Å². The van der Waals surface area contributed by atoms with Gasteiger partial charge in [-0.05, 0) is 56.2 Å². The van der Waals surface area contributed by atoms with Crippen molar-refractivity contribution in [3.63, 3.8) is 0 Å². The number of nitrogens with zero attached hydrogens (tertiary/aromatic N) is 1. The number of carbonyl (C=O) groups is 1. The first-order valence-electron chi connectivity index (χ1n) is 8.23. The highest BCUT2D eigenvalue weighted by atomic mass is 32.2. The lowest BCUT2D eigenvalue weighted by Crippen LogP contribution is -2.38.